The summed E-state index contributed by atoms with van der Waals surface area (Å²) in [6.07, 6.45) is 14.5. The van der Waals surface area contributed by atoms with Gasteiger partial charge in [0.05, 0.1) is 34.8 Å². The van der Waals surface area contributed by atoms with Gasteiger partial charge in [-0.3, -0.25) is 9.88 Å². The number of rotatable bonds is 8. The smallest absolute Gasteiger partial charge is 0.188 e. The van der Waals surface area contributed by atoms with E-state index in [1.165, 1.54) is 32.1 Å². The van der Waals surface area contributed by atoms with Gasteiger partial charge >= 0.3 is 0 Å². The van der Waals surface area contributed by atoms with Crippen LogP contribution in [0.2, 0.25) is 0 Å². The molecule has 2 fully saturated rings. The van der Waals surface area contributed by atoms with Crippen molar-refractivity contribution in [1.82, 2.24) is 29.8 Å². The highest BCUT2D eigenvalue weighted by Gasteiger charge is 2.16. The highest BCUT2D eigenvalue weighted by atomic mass is 32.1. The van der Waals surface area contributed by atoms with Crippen LogP contribution in [0.15, 0.2) is 24.7 Å². The molecule has 1 aliphatic carbocycles. The second-order valence-electron chi connectivity index (χ2n) is 8.91. The molecule has 2 aliphatic rings. The first kappa shape index (κ1) is 22.3. The van der Waals surface area contributed by atoms with Crippen LogP contribution in [0.5, 0.6) is 0 Å². The first-order valence-electron chi connectivity index (χ1n) is 11.9. The number of hydrogen-bond acceptors (Lipinski definition) is 9. The number of aryl methyl sites for hydroxylation is 1. The summed E-state index contributed by atoms with van der Waals surface area (Å²) < 4.78 is 6.08. The summed E-state index contributed by atoms with van der Waals surface area (Å²) in [6.45, 7) is 5.63. The van der Waals surface area contributed by atoms with E-state index in [4.69, 9.17) is 9.72 Å². The zero-order valence-corrected chi connectivity index (χ0v) is 20.0. The van der Waals surface area contributed by atoms with Crippen molar-refractivity contribution in [3.8, 4) is 10.6 Å². The van der Waals surface area contributed by atoms with Crippen molar-refractivity contribution < 1.29 is 4.74 Å². The molecule has 5 rings (SSSR count). The van der Waals surface area contributed by atoms with Crippen LogP contribution in [0, 0.1) is 6.92 Å². The molecular formula is C24H31N7OS. The second kappa shape index (κ2) is 10.6. The lowest BCUT2D eigenvalue weighted by Gasteiger charge is -2.21. The number of nitrogens with one attached hydrogen (secondary N) is 1. The second-order valence-corrected chi connectivity index (χ2v) is 9.94. The molecule has 0 spiro atoms. The van der Waals surface area contributed by atoms with Gasteiger partial charge in [0.1, 0.15) is 6.61 Å². The van der Waals surface area contributed by atoms with Gasteiger partial charge in [-0.2, -0.15) is 0 Å². The topological polar surface area (TPSA) is 89.0 Å². The highest BCUT2D eigenvalue weighted by Crippen LogP contribution is 2.30. The van der Waals surface area contributed by atoms with E-state index in [0.717, 1.165) is 65.4 Å². The van der Waals surface area contributed by atoms with E-state index in [9.17, 15) is 0 Å². The van der Waals surface area contributed by atoms with Crippen LogP contribution >= 0.6 is 11.3 Å². The van der Waals surface area contributed by atoms with Crippen molar-refractivity contribution in [2.24, 2.45) is 0 Å². The highest BCUT2D eigenvalue weighted by molar-refractivity contribution is 7.18. The van der Waals surface area contributed by atoms with Crippen LogP contribution in [0.1, 0.15) is 62.2 Å². The summed E-state index contributed by atoms with van der Waals surface area (Å²) in [7, 11) is 0. The van der Waals surface area contributed by atoms with Crippen LogP contribution in [-0.2, 0) is 17.9 Å². The van der Waals surface area contributed by atoms with E-state index in [1.807, 2.05) is 25.4 Å². The van der Waals surface area contributed by atoms with Gasteiger partial charge in [0.25, 0.3) is 0 Å². The van der Waals surface area contributed by atoms with Crippen LogP contribution in [0.25, 0.3) is 10.6 Å². The van der Waals surface area contributed by atoms with E-state index < -0.39 is 0 Å². The molecule has 9 heteroatoms. The molecule has 33 heavy (non-hydrogen) atoms. The third kappa shape index (κ3) is 6.10. The quantitative estimate of drug-likeness (QED) is 0.503. The minimum absolute atomic E-state index is 0.341. The lowest BCUT2D eigenvalue weighted by molar-refractivity contribution is 0.0135. The molecule has 0 aromatic carbocycles. The van der Waals surface area contributed by atoms with Gasteiger partial charge in [0.15, 0.2) is 16.8 Å². The summed E-state index contributed by atoms with van der Waals surface area (Å²) in [5, 5.41) is 4.03. The number of likely N-dealkylation sites (tertiary alicyclic amines) is 1. The third-order valence-electron chi connectivity index (χ3n) is 6.18. The molecule has 1 saturated heterocycles. The van der Waals surface area contributed by atoms with E-state index in [-0.39, 0.29) is 0 Å². The van der Waals surface area contributed by atoms with Gasteiger partial charge < -0.3 is 10.1 Å². The Bertz CT molecular complexity index is 1040. The summed E-state index contributed by atoms with van der Waals surface area (Å²) in [4.78, 5) is 26.3. The summed E-state index contributed by atoms with van der Waals surface area (Å²) in [5.74, 6) is 1.43. The Hall–Kier alpha value is -2.49. The largest absolute Gasteiger partial charge is 0.370 e. The first-order chi connectivity index (χ1) is 16.2. The normalized spacial score (nSPS) is 17.5. The molecule has 1 saturated carbocycles. The fourth-order valence-electron chi connectivity index (χ4n) is 4.48. The maximum absolute atomic E-state index is 6.08. The van der Waals surface area contributed by atoms with E-state index >= 15 is 0 Å². The number of thiazole rings is 1. The Morgan fingerprint density at radius 3 is 2.64 bits per heavy atom. The Morgan fingerprint density at radius 1 is 1.00 bits per heavy atom. The first-order valence-corrected chi connectivity index (χ1v) is 12.8. The average Bonchev–Trinajstić information content (AvgIpc) is 3.52. The van der Waals surface area contributed by atoms with E-state index in [2.05, 4.69) is 30.2 Å². The van der Waals surface area contributed by atoms with Crippen LogP contribution < -0.4 is 5.32 Å². The zero-order valence-electron chi connectivity index (χ0n) is 19.2. The lowest BCUT2D eigenvalue weighted by atomic mass is 9.98. The summed E-state index contributed by atoms with van der Waals surface area (Å²) in [5.41, 5.74) is 2.81. The van der Waals surface area contributed by atoms with Gasteiger partial charge in [0, 0.05) is 18.4 Å². The van der Waals surface area contributed by atoms with Gasteiger partial charge in [-0.15, -0.1) is 0 Å². The van der Waals surface area contributed by atoms with Crippen molar-refractivity contribution in [3.63, 3.8) is 0 Å². The molecule has 174 valence electrons. The van der Waals surface area contributed by atoms with Crippen molar-refractivity contribution in [2.45, 2.75) is 71.1 Å². The Kier molecular flexibility index (Phi) is 7.18. The van der Waals surface area contributed by atoms with Gasteiger partial charge in [0.2, 0.25) is 0 Å². The van der Waals surface area contributed by atoms with E-state index in [1.54, 1.807) is 17.5 Å². The molecule has 0 radical (unpaired) electrons. The molecule has 1 aliphatic heterocycles. The molecule has 3 aromatic heterocycles. The third-order valence-corrected chi connectivity index (χ3v) is 7.12. The molecule has 0 unspecified atom stereocenters. The monoisotopic (exact) mass is 465 g/mol. The van der Waals surface area contributed by atoms with Crippen molar-refractivity contribution in [1.29, 1.82) is 0 Å². The number of nitrogens with zero attached hydrogens (tertiary/aromatic N) is 6. The Balaban J connectivity index is 1.21. The molecule has 0 amide bonds. The van der Waals surface area contributed by atoms with Crippen LogP contribution in [0.4, 0.5) is 10.9 Å². The Labute approximate surface area is 198 Å². The van der Waals surface area contributed by atoms with Crippen molar-refractivity contribution in [2.75, 3.05) is 18.4 Å². The average molecular weight is 466 g/mol. The molecule has 4 heterocycles. The number of aromatic nitrogens is 5. The molecule has 1 N–H and O–H groups in total. The molecule has 3 aromatic rings. The number of anilines is 2. The molecular weight excluding hydrogens is 434 g/mol. The zero-order chi connectivity index (χ0) is 22.5. The summed E-state index contributed by atoms with van der Waals surface area (Å²) in [6, 6.07) is 1.99. The number of ether oxygens (including phenoxy) is 1. The molecule has 0 atom stereocenters. The standard InChI is InChI=1S/C24H31N7OS/c1-17-11-20(29-23(28-17)16-32-19-7-3-2-4-8-19)21-13-27-24(33-21)30-22-14-25-18(12-26-22)15-31-9-5-6-10-31/h11-14,19H,2-10,15-16H2,1H3,(H,26,27,30). The van der Waals surface area contributed by atoms with Crippen molar-refractivity contribution >= 4 is 22.3 Å². The van der Waals surface area contributed by atoms with Gasteiger partial charge in [-0.25, -0.2) is 19.9 Å². The SMILES string of the molecule is Cc1cc(-c2cnc(Nc3cnc(CN4CCCC4)cn3)s2)nc(COC2CCCCC2)n1. The fraction of sp³-hybridized carbons (Fsp3) is 0.542. The minimum Gasteiger partial charge on any atom is -0.370 e. The Morgan fingerprint density at radius 2 is 1.85 bits per heavy atom. The number of hydrogen-bond donors (Lipinski definition) is 1. The predicted octanol–water partition coefficient (Wildman–Crippen LogP) is 4.89. The maximum atomic E-state index is 6.08. The lowest BCUT2D eigenvalue weighted by Crippen LogP contribution is -2.19. The molecule has 8 nitrogen and oxygen atoms in total. The van der Waals surface area contributed by atoms with Gasteiger partial charge in [-0.05, 0) is 51.8 Å². The van der Waals surface area contributed by atoms with E-state index in [0.29, 0.717) is 18.5 Å². The molecule has 0 bridgehead atoms. The van der Waals surface area contributed by atoms with Crippen molar-refractivity contribution in [3.05, 3.63) is 41.9 Å². The minimum atomic E-state index is 0.341. The fourth-order valence-corrected chi connectivity index (χ4v) is 5.26. The van der Waals surface area contributed by atoms with Gasteiger partial charge in [-0.1, -0.05) is 30.6 Å². The van der Waals surface area contributed by atoms with Crippen LogP contribution in [-0.4, -0.2) is 49.0 Å². The maximum Gasteiger partial charge on any atom is 0.188 e. The van der Waals surface area contributed by atoms with Crippen LogP contribution in [0.3, 0.4) is 0 Å². The predicted molar refractivity (Wildman–Crippen MR) is 129 cm³/mol. The summed E-state index contributed by atoms with van der Waals surface area (Å²) >= 11 is 1.55.